The second-order valence-corrected chi connectivity index (χ2v) is 6.89. The van der Waals surface area contributed by atoms with E-state index in [0.717, 1.165) is 23.4 Å². The molecule has 0 spiro atoms. The fourth-order valence-corrected chi connectivity index (χ4v) is 3.47. The maximum atomic E-state index is 12.8. The summed E-state index contributed by atoms with van der Waals surface area (Å²) in [5.41, 5.74) is 8.34. The Hall–Kier alpha value is -2.35. The molecule has 8 heteroatoms. The number of alkyl halides is 3. The van der Waals surface area contributed by atoms with Crippen molar-refractivity contribution in [1.82, 2.24) is 5.32 Å². The molecule has 3 N–H and O–H groups in total. The van der Waals surface area contributed by atoms with Crippen molar-refractivity contribution in [3.8, 4) is 0 Å². The first-order valence-corrected chi connectivity index (χ1v) is 9.15. The average Bonchev–Trinajstić information content (AvgIpc) is 2.61. The summed E-state index contributed by atoms with van der Waals surface area (Å²) in [6.45, 7) is 0.445. The number of benzene rings is 2. The summed E-state index contributed by atoms with van der Waals surface area (Å²) in [5, 5.41) is 2.96. The Balaban J connectivity index is 1.93. The van der Waals surface area contributed by atoms with E-state index >= 15 is 0 Å². The molecule has 1 aliphatic rings. The number of carbonyl (C=O) groups excluding carboxylic acids is 1. The molecule has 3 rings (SSSR count). The van der Waals surface area contributed by atoms with Gasteiger partial charge in [0.2, 0.25) is 5.91 Å². The molecule has 0 unspecified atom stereocenters. The number of fused-ring (bicyclic) bond motifs is 1. The highest BCUT2D eigenvalue weighted by Crippen LogP contribution is 2.37. The third-order valence-electron chi connectivity index (χ3n) is 4.54. The molecule has 4 nitrogen and oxygen atoms in total. The molecule has 2 aromatic rings. The lowest BCUT2D eigenvalue weighted by molar-refractivity contribution is -0.137. The Morgan fingerprint density at radius 2 is 1.93 bits per heavy atom. The standard InChI is InChI=1S/C19H20F3N3OS/c20-19(21,22)12-4-6-14(7-5-12)25-11-13(24-18(26)8-9-27)10-15-16(23)2-1-3-17(15)25/h1-7,13,27H,8-11,23H2,(H,24,26)/t13-/m0/s1. The third-order valence-corrected chi connectivity index (χ3v) is 4.77. The van der Waals surface area contributed by atoms with Crippen molar-refractivity contribution in [2.75, 3.05) is 22.9 Å². The molecule has 1 amide bonds. The van der Waals surface area contributed by atoms with Crippen LogP contribution < -0.4 is 16.0 Å². The van der Waals surface area contributed by atoms with Gasteiger partial charge in [0.05, 0.1) is 11.6 Å². The lowest BCUT2D eigenvalue weighted by Gasteiger charge is -2.37. The van der Waals surface area contributed by atoms with Crippen LogP contribution in [0.25, 0.3) is 0 Å². The number of nitrogens with one attached hydrogen (secondary N) is 1. The van der Waals surface area contributed by atoms with Crippen LogP contribution in [0.5, 0.6) is 0 Å². The van der Waals surface area contributed by atoms with Crippen molar-refractivity contribution in [3.63, 3.8) is 0 Å². The number of hydrogen-bond donors (Lipinski definition) is 3. The predicted octanol–water partition coefficient (Wildman–Crippen LogP) is 3.79. The van der Waals surface area contributed by atoms with E-state index < -0.39 is 11.7 Å². The first kappa shape index (κ1) is 19.4. The van der Waals surface area contributed by atoms with Crippen LogP contribution in [0.15, 0.2) is 42.5 Å². The van der Waals surface area contributed by atoms with E-state index in [2.05, 4.69) is 17.9 Å². The van der Waals surface area contributed by atoms with E-state index in [1.54, 1.807) is 6.07 Å². The SMILES string of the molecule is Nc1cccc2c1C[C@H](NC(=O)CCS)CN2c1ccc(C(F)(F)F)cc1. The van der Waals surface area contributed by atoms with Gasteiger partial charge in [-0.25, -0.2) is 0 Å². The second kappa shape index (κ2) is 7.72. The third kappa shape index (κ3) is 4.32. The van der Waals surface area contributed by atoms with Crippen LogP contribution >= 0.6 is 12.6 Å². The number of thiol groups is 1. The van der Waals surface area contributed by atoms with Crippen LogP contribution in [-0.2, 0) is 17.4 Å². The van der Waals surface area contributed by atoms with Gasteiger partial charge in [0, 0.05) is 35.6 Å². The van der Waals surface area contributed by atoms with Crippen molar-refractivity contribution >= 4 is 35.6 Å². The van der Waals surface area contributed by atoms with Gasteiger partial charge in [-0.05, 0) is 48.6 Å². The Bertz CT molecular complexity index is 824. The second-order valence-electron chi connectivity index (χ2n) is 6.44. The molecule has 1 heterocycles. The molecule has 0 aliphatic carbocycles. The minimum Gasteiger partial charge on any atom is -0.398 e. The quantitative estimate of drug-likeness (QED) is 0.545. The fraction of sp³-hybridized carbons (Fsp3) is 0.316. The van der Waals surface area contributed by atoms with Gasteiger partial charge in [-0.3, -0.25) is 4.79 Å². The van der Waals surface area contributed by atoms with Crippen LogP contribution in [0.3, 0.4) is 0 Å². The van der Waals surface area contributed by atoms with Gasteiger partial charge in [0.25, 0.3) is 0 Å². The molecule has 144 valence electrons. The van der Waals surface area contributed by atoms with Gasteiger partial charge in [-0.1, -0.05) is 6.07 Å². The lowest BCUT2D eigenvalue weighted by Crippen LogP contribution is -2.47. The molecule has 1 atom stereocenters. The number of nitrogens with zero attached hydrogens (tertiary/aromatic N) is 1. The van der Waals surface area contributed by atoms with E-state index in [4.69, 9.17) is 5.73 Å². The maximum absolute atomic E-state index is 12.8. The summed E-state index contributed by atoms with van der Waals surface area (Å²) >= 11 is 4.06. The van der Waals surface area contributed by atoms with Crippen molar-refractivity contribution in [1.29, 1.82) is 0 Å². The zero-order valence-electron chi connectivity index (χ0n) is 14.5. The average molecular weight is 395 g/mol. The Morgan fingerprint density at radius 1 is 1.22 bits per heavy atom. The molecular weight excluding hydrogens is 375 g/mol. The first-order valence-electron chi connectivity index (χ1n) is 8.52. The summed E-state index contributed by atoms with van der Waals surface area (Å²) in [4.78, 5) is 13.9. The van der Waals surface area contributed by atoms with Gasteiger partial charge >= 0.3 is 6.18 Å². The zero-order valence-corrected chi connectivity index (χ0v) is 15.4. The number of carbonyl (C=O) groups is 1. The van der Waals surface area contributed by atoms with E-state index in [1.165, 1.54) is 12.1 Å². The summed E-state index contributed by atoms with van der Waals surface area (Å²) in [6, 6.07) is 10.3. The van der Waals surface area contributed by atoms with E-state index in [9.17, 15) is 18.0 Å². The van der Waals surface area contributed by atoms with Crippen LogP contribution in [0.1, 0.15) is 17.5 Å². The Labute approximate surface area is 161 Å². The minimum absolute atomic E-state index is 0.111. The number of halogens is 3. The largest absolute Gasteiger partial charge is 0.416 e. The minimum atomic E-state index is -4.38. The summed E-state index contributed by atoms with van der Waals surface area (Å²) in [5.74, 6) is 0.334. The van der Waals surface area contributed by atoms with Crippen LogP contribution in [0.4, 0.5) is 30.2 Å². The van der Waals surface area contributed by atoms with Crippen molar-refractivity contribution < 1.29 is 18.0 Å². The number of hydrogen-bond acceptors (Lipinski definition) is 4. The molecule has 0 saturated heterocycles. The van der Waals surface area contributed by atoms with Crippen molar-refractivity contribution in [3.05, 3.63) is 53.6 Å². The lowest BCUT2D eigenvalue weighted by atomic mass is 9.95. The first-order chi connectivity index (χ1) is 12.8. The molecule has 27 heavy (non-hydrogen) atoms. The van der Waals surface area contributed by atoms with Crippen molar-refractivity contribution in [2.45, 2.75) is 25.1 Å². The van der Waals surface area contributed by atoms with Crippen molar-refractivity contribution in [2.24, 2.45) is 0 Å². The molecule has 0 aromatic heterocycles. The highest BCUT2D eigenvalue weighted by atomic mass is 32.1. The van der Waals surface area contributed by atoms with E-state index in [1.807, 2.05) is 17.0 Å². The Kier molecular flexibility index (Phi) is 5.55. The predicted molar refractivity (Wildman–Crippen MR) is 103 cm³/mol. The molecule has 0 fully saturated rings. The normalized spacial score (nSPS) is 16.7. The zero-order chi connectivity index (χ0) is 19.6. The fourth-order valence-electron chi connectivity index (χ4n) is 3.27. The van der Waals surface area contributed by atoms with Gasteiger partial charge in [-0.15, -0.1) is 0 Å². The highest BCUT2D eigenvalue weighted by Gasteiger charge is 2.31. The molecule has 0 radical (unpaired) electrons. The Morgan fingerprint density at radius 3 is 2.56 bits per heavy atom. The molecular formula is C19H20F3N3OS. The van der Waals surface area contributed by atoms with Gasteiger partial charge < -0.3 is 16.0 Å². The number of rotatable bonds is 4. The number of nitrogen functional groups attached to an aromatic ring is 1. The number of nitrogens with two attached hydrogens (primary N) is 1. The highest BCUT2D eigenvalue weighted by molar-refractivity contribution is 7.80. The topological polar surface area (TPSA) is 58.4 Å². The molecule has 2 aromatic carbocycles. The van der Waals surface area contributed by atoms with Crippen LogP contribution in [0, 0.1) is 0 Å². The van der Waals surface area contributed by atoms with Crippen LogP contribution in [0.2, 0.25) is 0 Å². The summed E-state index contributed by atoms with van der Waals surface area (Å²) < 4.78 is 38.5. The summed E-state index contributed by atoms with van der Waals surface area (Å²) in [7, 11) is 0. The van der Waals surface area contributed by atoms with Gasteiger partial charge in [0.1, 0.15) is 0 Å². The number of anilines is 3. The van der Waals surface area contributed by atoms with Gasteiger partial charge in [-0.2, -0.15) is 25.8 Å². The summed E-state index contributed by atoms with van der Waals surface area (Å²) in [6.07, 6.45) is -3.51. The smallest absolute Gasteiger partial charge is 0.398 e. The molecule has 1 aliphatic heterocycles. The van der Waals surface area contributed by atoms with E-state index in [0.29, 0.717) is 36.5 Å². The molecule has 0 saturated carbocycles. The monoisotopic (exact) mass is 395 g/mol. The van der Waals surface area contributed by atoms with E-state index in [-0.39, 0.29) is 11.9 Å². The number of amides is 1. The van der Waals surface area contributed by atoms with Gasteiger partial charge in [0.15, 0.2) is 0 Å². The van der Waals surface area contributed by atoms with Crippen LogP contribution in [-0.4, -0.2) is 24.2 Å². The maximum Gasteiger partial charge on any atom is 0.416 e. The molecule has 0 bridgehead atoms.